The Hall–Kier alpha value is -1.18. The van der Waals surface area contributed by atoms with E-state index in [1.807, 2.05) is 0 Å². The Morgan fingerprint density at radius 1 is 1.11 bits per heavy atom. The lowest BCUT2D eigenvalue weighted by Gasteiger charge is -2.31. The summed E-state index contributed by atoms with van der Waals surface area (Å²) in [7, 11) is 1.82. The maximum Gasteiger partial charge on any atom is 0.456 e. The molecule has 0 radical (unpaired) electrons. The van der Waals surface area contributed by atoms with Crippen molar-refractivity contribution >= 4 is 5.78 Å². The van der Waals surface area contributed by atoms with Gasteiger partial charge < -0.3 is 9.47 Å². The van der Waals surface area contributed by atoms with Crippen LogP contribution >= 0.6 is 0 Å². The normalized spacial score (nSPS) is 19.6. The van der Waals surface area contributed by atoms with E-state index in [-0.39, 0.29) is 18.6 Å². The molecule has 1 aliphatic carbocycles. The van der Waals surface area contributed by atoms with Gasteiger partial charge in [-0.05, 0) is 6.42 Å². The summed E-state index contributed by atoms with van der Waals surface area (Å²) in [6.07, 6.45) is -8.12. The van der Waals surface area contributed by atoms with Gasteiger partial charge in [0, 0.05) is 20.0 Å². The van der Waals surface area contributed by atoms with Gasteiger partial charge in [0.2, 0.25) is 0 Å². The van der Waals surface area contributed by atoms with Crippen molar-refractivity contribution in [1.29, 1.82) is 0 Å². The van der Waals surface area contributed by atoms with Gasteiger partial charge >= 0.3 is 12.1 Å². The number of rotatable bonds is 4. The molecule has 1 rings (SSSR count). The first-order valence-corrected chi connectivity index (χ1v) is 5.44. The zero-order valence-electron chi connectivity index (χ0n) is 10.3. The second kappa shape index (κ2) is 5.44. The Balaban J connectivity index is 3.29. The quantitative estimate of drug-likeness (QED) is 0.746. The number of Topliss-reactive ketones (excluding diaryl/α,β-unsaturated/α-hetero) is 1. The third kappa shape index (κ3) is 2.88. The number of hydrogen-bond acceptors (Lipinski definition) is 3. The van der Waals surface area contributed by atoms with E-state index < -0.39 is 29.6 Å². The molecule has 3 nitrogen and oxygen atoms in total. The van der Waals surface area contributed by atoms with Crippen molar-refractivity contribution in [3.63, 3.8) is 0 Å². The van der Waals surface area contributed by atoms with Gasteiger partial charge in [-0.15, -0.1) is 0 Å². The van der Waals surface area contributed by atoms with Crippen LogP contribution in [0.2, 0.25) is 0 Å². The molecule has 0 N–H and O–H groups in total. The number of halogens is 5. The molecule has 0 heterocycles. The van der Waals surface area contributed by atoms with E-state index >= 15 is 0 Å². The molecule has 0 saturated heterocycles. The fourth-order valence-electron chi connectivity index (χ4n) is 1.93. The highest BCUT2D eigenvalue weighted by Gasteiger charge is 2.65. The van der Waals surface area contributed by atoms with Crippen LogP contribution in [-0.4, -0.2) is 38.2 Å². The lowest BCUT2D eigenvalue weighted by atomic mass is 9.89. The minimum Gasteiger partial charge on any atom is -0.501 e. The third-order valence-electron chi connectivity index (χ3n) is 2.86. The van der Waals surface area contributed by atoms with E-state index in [1.165, 1.54) is 0 Å². The van der Waals surface area contributed by atoms with Gasteiger partial charge in [-0.25, -0.2) is 0 Å². The zero-order chi connectivity index (χ0) is 14.8. The molecule has 0 fully saturated rings. The highest BCUT2D eigenvalue weighted by molar-refractivity contribution is 5.97. The van der Waals surface area contributed by atoms with Crippen LogP contribution in [0.5, 0.6) is 0 Å². The average Bonchev–Trinajstić information content (AvgIpc) is 2.30. The molecule has 0 aromatic heterocycles. The van der Waals surface area contributed by atoms with Crippen LogP contribution in [0.3, 0.4) is 0 Å². The van der Waals surface area contributed by atoms with Gasteiger partial charge in [0.25, 0.3) is 0 Å². The maximum absolute atomic E-state index is 13.4. The van der Waals surface area contributed by atoms with Crippen LogP contribution in [0.1, 0.15) is 19.3 Å². The highest BCUT2D eigenvalue weighted by atomic mass is 19.4. The Morgan fingerprint density at radius 3 is 2.11 bits per heavy atom. The Kier molecular flexibility index (Phi) is 4.54. The summed E-state index contributed by atoms with van der Waals surface area (Å²) in [5, 5.41) is 0. The Bertz CT molecular complexity index is 386. The van der Waals surface area contributed by atoms with E-state index in [0.717, 1.165) is 7.11 Å². The lowest BCUT2D eigenvalue weighted by Crippen LogP contribution is -2.50. The SMILES string of the molecule is COC1=C(C(OC)C(F)(F)C(F)(F)F)C(=O)CCC1. The van der Waals surface area contributed by atoms with Crippen molar-refractivity contribution < 1.29 is 36.2 Å². The van der Waals surface area contributed by atoms with Gasteiger partial charge in [0.1, 0.15) is 5.76 Å². The number of carbonyl (C=O) groups excluding carboxylic acids is 1. The van der Waals surface area contributed by atoms with Crippen LogP contribution in [0.15, 0.2) is 11.3 Å². The number of allylic oxidation sites excluding steroid dienone is 1. The molecule has 19 heavy (non-hydrogen) atoms. The molecule has 1 unspecified atom stereocenters. The average molecular weight is 288 g/mol. The van der Waals surface area contributed by atoms with E-state index in [1.54, 1.807) is 0 Å². The molecule has 110 valence electrons. The fraction of sp³-hybridized carbons (Fsp3) is 0.727. The Labute approximate surface area is 106 Å². The smallest absolute Gasteiger partial charge is 0.456 e. The number of methoxy groups -OCH3 is 2. The lowest BCUT2D eigenvalue weighted by molar-refractivity contribution is -0.310. The van der Waals surface area contributed by atoms with E-state index in [2.05, 4.69) is 4.74 Å². The third-order valence-corrected chi connectivity index (χ3v) is 2.86. The van der Waals surface area contributed by atoms with Crippen LogP contribution in [0.25, 0.3) is 0 Å². The van der Waals surface area contributed by atoms with Crippen LogP contribution in [0.4, 0.5) is 22.0 Å². The molecule has 0 aromatic rings. The van der Waals surface area contributed by atoms with Gasteiger partial charge in [0.15, 0.2) is 11.9 Å². The van der Waals surface area contributed by atoms with Crippen LogP contribution < -0.4 is 0 Å². The van der Waals surface area contributed by atoms with Gasteiger partial charge in [-0.1, -0.05) is 0 Å². The fourth-order valence-corrected chi connectivity index (χ4v) is 1.93. The van der Waals surface area contributed by atoms with Crippen molar-refractivity contribution in [3.8, 4) is 0 Å². The molecule has 1 atom stereocenters. The molecular weight excluding hydrogens is 275 g/mol. The van der Waals surface area contributed by atoms with Crippen molar-refractivity contribution in [2.24, 2.45) is 0 Å². The zero-order valence-corrected chi connectivity index (χ0v) is 10.3. The first kappa shape index (κ1) is 15.9. The number of ketones is 1. The summed E-state index contributed by atoms with van der Waals surface area (Å²) in [5.41, 5.74) is -0.724. The largest absolute Gasteiger partial charge is 0.501 e. The summed E-state index contributed by atoms with van der Waals surface area (Å²) < 4.78 is 72.9. The van der Waals surface area contributed by atoms with E-state index in [9.17, 15) is 26.7 Å². The predicted octanol–water partition coefficient (Wildman–Crippen LogP) is 2.85. The number of ether oxygens (including phenoxy) is 2. The molecule has 0 amide bonds. The molecular formula is C11H13F5O3. The number of carbonyl (C=O) groups is 1. The molecule has 1 aliphatic rings. The first-order valence-electron chi connectivity index (χ1n) is 5.44. The summed E-state index contributed by atoms with van der Waals surface area (Å²) in [4.78, 5) is 11.6. The van der Waals surface area contributed by atoms with Gasteiger partial charge in [-0.2, -0.15) is 22.0 Å². The topological polar surface area (TPSA) is 35.5 Å². The van der Waals surface area contributed by atoms with Crippen molar-refractivity contribution in [2.45, 2.75) is 37.5 Å². The Morgan fingerprint density at radius 2 is 1.68 bits per heavy atom. The highest BCUT2D eigenvalue weighted by Crippen LogP contribution is 2.43. The van der Waals surface area contributed by atoms with Crippen LogP contribution in [-0.2, 0) is 14.3 Å². The maximum atomic E-state index is 13.4. The standard InChI is InChI=1S/C11H13F5O3/c1-18-7-5-3-4-6(17)8(7)9(19-2)10(12,13)11(14,15)16/h9H,3-5H2,1-2H3. The van der Waals surface area contributed by atoms with Crippen molar-refractivity contribution in [1.82, 2.24) is 0 Å². The molecule has 0 spiro atoms. The first-order chi connectivity index (χ1) is 8.66. The van der Waals surface area contributed by atoms with Crippen LogP contribution in [0, 0.1) is 0 Å². The minimum atomic E-state index is -5.81. The molecule has 0 bridgehead atoms. The summed E-state index contributed by atoms with van der Waals surface area (Å²) in [6.45, 7) is 0. The predicted molar refractivity (Wildman–Crippen MR) is 54.7 cm³/mol. The van der Waals surface area contributed by atoms with E-state index in [4.69, 9.17) is 4.74 Å². The number of hydrogen-bond donors (Lipinski definition) is 0. The second-order valence-electron chi connectivity index (χ2n) is 4.05. The summed E-state index contributed by atoms with van der Waals surface area (Å²) in [5.74, 6) is -6.14. The van der Waals surface area contributed by atoms with Gasteiger partial charge in [-0.3, -0.25) is 4.79 Å². The summed E-state index contributed by atoms with van der Waals surface area (Å²) in [6, 6.07) is 0. The van der Waals surface area contributed by atoms with Crippen molar-refractivity contribution in [3.05, 3.63) is 11.3 Å². The number of alkyl halides is 5. The minimum absolute atomic E-state index is 0.101. The summed E-state index contributed by atoms with van der Waals surface area (Å²) >= 11 is 0. The molecule has 0 aliphatic heterocycles. The van der Waals surface area contributed by atoms with Crippen molar-refractivity contribution in [2.75, 3.05) is 14.2 Å². The van der Waals surface area contributed by atoms with Gasteiger partial charge in [0.05, 0.1) is 12.7 Å². The molecule has 8 heteroatoms. The van der Waals surface area contributed by atoms with E-state index in [0.29, 0.717) is 13.5 Å². The monoisotopic (exact) mass is 288 g/mol. The molecule has 0 saturated carbocycles. The molecule has 0 aromatic carbocycles. The second-order valence-corrected chi connectivity index (χ2v) is 4.05.